The molecule has 1 atom stereocenters. The van der Waals surface area contributed by atoms with Gasteiger partial charge < -0.3 is 4.48 Å². The van der Waals surface area contributed by atoms with Crippen LogP contribution in [0.4, 0.5) is 0 Å². The molecular formula is C30H56N+. The number of hydrogen-bond acceptors (Lipinski definition) is 0. The van der Waals surface area contributed by atoms with Gasteiger partial charge in [0.1, 0.15) is 6.54 Å². The number of hydrogen-bond donors (Lipinski definition) is 0. The van der Waals surface area contributed by atoms with Gasteiger partial charge in [-0.25, -0.2) is 0 Å². The zero-order valence-electron chi connectivity index (χ0n) is 21.7. The fourth-order valence-corrected chi connectivity index (χ4v) is 4.88. The van der Waals surface area contributed by atoms with E-state index in [-0.39, 0.29) is 0 Å². The van der Waals surface area contributed by atoms with Gasteiger partial charge in [-0.15, -0.1) is 0 Å². The Bertz CT molecular complexity index is 482. The van der Waals surface area contributed by atoms with Gasteiger partial charge in [0.15, 0.2) is 0 Å². The van der Waals surface area contributed by atoms with Crippen molar-refractivity contribution in [3.63, 3.8) is 0 Å². The van der Waals surface area contributed by atoms with Crippen molar-refractivity contribution in [1.29, 1.82) is 0 Å². The molecule has 0 amide bonds. The van der Waals surface area contributed by atoms with E-state index in [0.29, 0.717) is 0 Å². The van der Waals surface area contributed by atoms with Gasteiger partial charge in [-0.1, -0.05) is 140 Å². The summed E-state index contributed by atoms with van der Waals surface area (Å²) in [6, 6.07) is 11.1. The topological polar surface area (TPSA) is 0 Å². The highest BCUT2D eigenvalue weighted by atomic mass is 15.3. The van der Waals surface area contributed by atoms with Gasteiger partial charge in [-0.2, -0.15) is 0 Å². The molecule has 1 aromatic rings. The van der Waals surface area contributed by atoms with Crippen LogP contribution in [0.5, 0.6) is 0 Å². The minimum atomic E-state index is 1.19. The summed E-state index contributed by atoms with van der Waals surface area (Å²) >= 11 is 0. The Kier molecular flexibility index (Phi) is 18.1. The lowest BCUT2D eigenvalue weighted by Gasteiger charge is -2.35. The predicted molar refractivity (Wildman–Crippen MR) is 141 cm³/mol. The number of rotatable bonds is 22. The third-order valence-corrected chi connectivity index (χ3v) is 7.01. The summed E-state index contributed by atoms with van der Waals surface area (Å²) in [4.78, 5) is 0. The molecule has 0 fully saturated rings. The molecule has 0 N–H and O–H groups in total. The van der Waals surface area contributed by atoms with E-state index >= 15 is 0 Å². The molecule has 180 valence electrons. The number of unbranched alkanes of at least 4 members (excludes halogenated alkanes) is 16. The first-order chi connectivity index (χ1) is 15.2. The predicted octanol–water partition coefficient (Wildman–Crippen LogP) is 9.69. The van der Waals surface area contributed by atoms with Crippen LogP contribution < -0.4 is 0 Å². The molecule has 0 saturated carbocycles. The standard InChI is InChI=1S/C30H56N/c1-4-6-8-9-10-11-12-13-14-15-16-17-18-19-20-24-28-31(3,27-7-5-2)29-30-25-22-21-23-26-30/h21-23,25-26H,4-20,24,27-29H2,1-3H3/q+1. The van der Waals surface area contributed by atoms with Crippen molar-refractivity contribution >= 4 is 0 Å². The normalized spacial score (nSPS) is 13.4. The molecule has 0 aliphatic heterocycles. The first-order valence-electron chi connectivity index (χ1n) is 14.1. The van der Waals surface area contributed by atoms with Crippen molar-refractivity contribution in [3.8, 4) is 0 Å². The summed E-state index contributed by atoms with van der Waals surface area (Å²) in [6.45, 7) is 8.48. The second-order valence-corrected chi connectivity index (χ2v) is 10.4. The van der Waals surface area contributed by atoms with Crippen molar-refractivity contribution in [2.75, 3.05) is 20.1 Å². The van der Waals surface area contributed by atoms with Gasteiger partial charge in [0.2, 0.25) is 0 Å². The van der Waals surface area contributed by atoms with Crippen LogP contribution in [0.25, 0.3) is 0 Å². The van der Waals surface area contributed by atoms with Gasteiger partial charge >= 0.3 is 0 Å². The third-order valence-electron chi connectivity index (χ3n) is 7.01. The zero-order chi connectivity index (χ0) is 22.5. The quantitative estimate of drug-likeness (QED) is 0.127. The van der Waals surface area contributed by atoms with Crippen LogP contribution >= 0.6 is 0 Å². The highest BCUT2D eigenvalue weighted by Gasteiger charge is 2.20. The molecule has 1 rings (SSSR count). The average Bonchev–Trinajstić information content (AvgIpc) is 2.78. The van der Waals surface area contributed by atoms with Crippen LogP contribution in [0.1, 0.15) is 135 Å². The number of nitrogens with zero attached hydrogens (tertiary/aromatic N) is 1. The Labute approximate surface area is 196 Å². The fourth-order valence-electron chi connectivity index (χ4n) is 4.88. The van der Waals surface area contributed by atoms with Crippen LogP contribution in [0.3, 0.4) is 0 Å². The van der Waals surface area contributed by atoms with E-state index in [2.05, 4.69) is 51.2 Å². The Morgan fingerprint density at radius 1 is 0.484 bits per heavy atom. The van der Waals surface area contributed by atoms with Crippen molar-refractivity contribution < 1.29 is 4.48 Å². The van der Waals surface area contributed by atoms with Crippen LogP contribution in [-0.4, -0.2) is 24.6 Å². The Morgan fingerprint density at radius 2 is 0.871 bits per heavy atom. The molecule has 1 unspecified atom stereocenters. The van der Waals surface area contributed by atoms with E-state index in [1.54, 1.807) is 0 Å². The lowest BCUT2D eigenvalue weighted by Crippen LogP contribution is -2.44. The molecule has 1 heteroatoms. The Hall–Kier alpha value is -0.820. The van der Waals surface area contributed by atoms with Crippen molar-refractivity contribution in [2.45, 2.75) is 136 Å². The monoisotopic (exact) mass is 430 g/mol. The third kappa shape index (κ3) is 16.5. The van der Waals surface area contributed by atoms with Gasteiger partial charge in [0, 0.05) is 5.56 Å². The molecule has 0 aromatic heterocycles. The summed E-state index contributed by atoms with van der Waals surface area (Å²) in [5, 5.41) is 0. The SMILES string of the molecule is CCCCCCCCCCCCCCCCCC[N+](C)(CCCC)Cc1ccccc1. The van der Waals surface area contributed by atoms with Crippen molar-refractivity contribution in [1.82, 2.24) is 0 Å². The molecular weight excluding hydrogens is 374 g/mol. The van der Waals surface area contributed by atoms with E-state index in [9.17, 15) is 0 Å². The highest BCUT2D eigenvalue weighted by molar-refractivity contribution is 5.13. The van der Waals surface area contributed by atoms with E-state index in [1.807, 2.05) is 0 Å². The van der Waals surface area contributed by atoms with Gasteiger partial charge in [-0.3, -0.25) is 0 Å². The largest absolute Gasteiger partial charge is 0.322 e. The Balaban J connectivity index is 1.98. The minimum absolute atomic E-state index is 1.19. The molecule has 0 spiro atoms. The lowest BCUT2D eigenvalue weighted by atomic mass is 10.0. The molecule has 0 radical (unpaired) electrons. The molecule has 1 nitrogen and oxygen atoms in total. The van der Waals surface area contributed by atoms with E-state index in [4.69, 9.17) is 0 Å². The fraction of sp³-hybridized carbons (Fsp3) is 0.800. The molecule has 0 aliphatic carbocycles. The molecule has 31 heavy (non-hydrogen) atoms. The number of benzene rings is 1. The summed E-state index contributed by atoms with van der Waals surface area (Å²) in [5.41, 5.74) is 1.50. The average molecular weight is 431 g/mol. The minimum Gasteiger partial charge on any atom is -0.322 e. The zero-order valence-corrected chi connectivity index (χ0v) is 21.7. The second kappa shape index (κ2) is 19.8. The maximum absolute atomic E-state index is 2.48. The first kappa shape index (κ1) is 28.2. The maximum Gasteiger partial charge on any atom is 0.104 e. The Morgan fingerprint density at radius 3 is 1.32 bits per heavy atom. The van der Waals surface area contributed by atoms with Crippen molar-refractivity contribution in [3.05, 3.63) is 35.9 Å². The van der Waals surface area contributed by atoms with Crippen molar-refractivity contribution in [2.24, 2.45) is 0 Å². The van der Waals surface area contributed by atoms with Crippen LogP contribution in [0.15, 0.2) is 30.3 Å². The lowest BCUT2D eigenvalue weighted by molar-refractivity contribution is -0.923. The summed E-state index contributed by atoms with van der Waals surface area (Å²) in [5.74, 6) is 0. The number of quaternary nitrogens is 1. The molecule has 0 saturated heterocycles. The molecule has 0 aliphatic rings. The molecule has 0 heterocycles. The van der Waals surface area contributed by atoms with Crippen LogP contribution in [0, 0.1) is 0 Å². The van der Waals surface area contributed by atoms with E-state index in [0.717, 1.165) is 0 Å². The van der Waals surface area contributed by atoms with Crippen LogP contribution in [-0.2, 0) is 6.54 Å². The molecule has 0 bridgehead atoms. The summed E-state index contributed by atoms with van der Waals surface area (Å²) in [7, 11) is 2.48. The smallest absolute Gasteiger partial charge is 0.104 e. The van der Waals surface area contributed by atoms with Crippen LogP contribution in [0.2, 0.25) is 0 Å². The van der Waals surface area contributed by atoms with E-state index in [1.165, 1.54) is 145 Å². The van der Waals surface area contributed by atoms with Gasteiger partial charge in [0.05, 0.1) is 20.1 Å². The van der Waals surface area contributed by atoms with E-state index < -0.39 is 0 Å². The highest BCUT2D eigenvalue weighted by Crippen LogP contribution is 2.17. The van der Waals surface area contributed by atoms with Gasteiger partial charge in [0.25, 0.3) is 0 Å². The second-order valence-electron chi connectivity index (χ2n) is 10.4. The first-order valence-corrected chi connectivity index (χ1v) is 14.1. The summed E-state index contributed by atoms with van der Waals surface area (Å²) < 4.78 is 1.22. The summed E-state index contributed by atoms with van der Waals surface area (Å²) in [6.07, 6.45) is 25.9. The maximum atomic E-state index is 2.48. The molecule has 1 aromatic carbocycles. The van der Waals surface area contributed by atoms with Gasteiger partial charge in [-0.05, 0) is 19.3 Å².